The van der Waals surface area contributed by atoms with Crippen LogP contribution in [0.2, 0.25) is 5.02 Å². The van der Waals surface area contributed by atoms with Gasteiger partial charge in [0, 0.05) is 6.07 Å². The van der Waals surface area contributed by atoms with Gasteiger partial charge in [0.1, 0.15) is 11.5 Å². The standard InChI is InChI=1S/C13H10ClN3O/c14-9-4-1-2-5-11(9)17-13(15)8-10(16-17)12-6-3-7-18-12/h1-8H,15H2. The van der Waals surface area contributed by atoms with E-state index in [0.717, 1.165) is 5.69 Å². The molecule has 2 aromatic heterocycles. The smallest absolute Gasteiger partial charge is 0.154 e. The lowest BCUT2D eigenvalue weighted by atomic mass is 10.3. The van der Waals surface area contributed by atoms with E-state index in [4.69, 9.17) is 21.8 Å². The molecule has 4 nitrogen and oxygen atoms in total. The SMILES string of the molecule is Nc1cc(-c2ccco2)nn1-c1ccccc1Cl. The van der Waals surface area contributed by atoms with Crippen molar-refractivity contribution >= 4 is 17.4 Å². The van der Waals surface area contributed by atoms with Crippen LogP contribution in [0, 0.1) is 0 Å². The molecule has 0 spiro atoms. The van der Waals surface area contributed by atoms with Gasteiger partial charge in [-0.05, 0) is 24.3 Å². The molecule has 0 saturated carbocycles. The average Bonchev–Trinajstić information content (AvgIpc) is 2.99. The van der Waals surface area contributed by atoms with E-state index >= 15 is 0 Å². The van der Waals surface area contributed by atoms with E-state index in [0.29, 0.717) is 22.3 Å². The predicted molar refractivity (Wildman–Crippen MR) is 70.7 cm³/mol. The number of benzene rings is 1. The number of nitrogen functional groups attached to an aromatic ring is 1. The molecule has 0 fully saturated rings. The zero-order valence-electron chi connectivity index (χ0n) is 9.38. The molecule has 3 rings (SSSR count). The van der Waals surface area contributed by atoms with Crippen molar-refractivity contribution < 1.29 is 4.42 Å². The van der Waals surface area contributed by atoms with E-state index in [-0.39, 0.29) is 0 Å². The maximum absolute atomic E-state index is 6.13. The molecular formula is C13H10ClN3O. The van der Waals surface area contributed by atoms with Gasteiger partial charge >= 0.3 is 0 Å². The van der Waals surface area contributed by atoms with E-state index in [9.17, 15) is 0 Å². The second-order valence-electron chi connectivity index (χ2n) is 3.79. The molecule has 0 aliphatic heterocycles. The number of furan rings is 1. The first-order valence-electron chi connectivity index (χ1n) is 5.40. The summed E-state index contributed by atoms with van der Waals surface area (Å²) in [7, 11) is 0. The van der Waals surface area contributed by atoms with Gasteiger partial charge in [-0.3, -0.25) is 0 Å². The van der Waals surface area contributed by atoms with Crippen molar-refractivity contribution in [2.45, 2.75) is 0 Å². The second-order valence-corrected chi connectivity index (χ2v) is 4.20. The first-order chi connectivity index (χ1) is 8.75. The molecule has 0 saturated heterocycles. The van der Waals surface area contributed by atoms with Gasteiger partial charge < -0.3 is 10.2 Å². The quantitative estimate of drug-likeness (QED) is 0.768. The Hall–Kier alpha value is -2.20. The summed E-state index contributed by atoms with van der Waals surface area (Å²) in [6, 6.07) is 12.8. The number of para-hydroxylation sites is 1. The third-order valence-electron chi connectivity index (χ3n) is 2.59. The van der Waals surface area contributed by atoms with E-state index in [1.165, 1.54) is 0 Å². The van der Waals surface area contributed by atoms with Crippen LogP contribution in [-0.4, -0.2) is 9.78 Å². The van der Waals surface area contributed by atoms with Crippen LogP contribution < -0.4 is 5.73 Å². The number of rotatable bonds is 2. The summed E-state index contributed by atoms with van der Waals surface area (Å²) in [5.74, 6) is 1.18. The third kappa shape index (κ3) is 1.76. The summed E-state index contributed by atoms with van der Waals surface area (Å²) >= 11 is 6.13. The van der Waals surface area contributed by atoms with E-state index in [2.05, 4.69) is 5.10 Å². The molecule has 0 unspecified atom stereocenters. The first-order valence-corrected chi connectivity index (χ1v) is 5.78. The van der Waals surface area contributed by atoms with Gasteiger partial charge in [0.05, 0.1) is 17.0 Å². The lowest BCUT2D eigenvalue weighted by molar-refractivity contribution is 0.579. The van der Waals surface area contributed by atoms with Crippen LogP contribution in [0.15, 0.2) is 53.1 Å². The lowest BCUT2D eigenvalue weighted by Gasteiger charge is -2.05. The van der Waals surface area contributed by atoms with Crippen LogP contribution in [0.1, 0.15) is 0 Å². The molecule has 5 heteroatoms. The zero-order valence-corrected chi connectivity index (χ0v) is 10.1. The average molecular weight is 260 g/mol. The Bertz CT molecular complexity index is 673. The third-order valence-corrected chi connectivity index (χ3v) is 2.91. The second kappa shape index (κ2) is 4.23. The van der Waals surface area contributed by atoms with Crippen molar-refractivity contribution in [1.29, 1.82) is 0 Å². The molecule has 0 amide bonds. The molecule has 0 aliphatic rings. The predicted octanol–water partition coefficient (Wildman–Crippen LogP) is 3.37. The summed E-state index contributed by atoms with van der Waals surface area (Å²) in [5, 5.41) is 4.99. The van der Waals surface area contributed by atoms with Gasteiger partial charge in [-0.1, -0.05) is 23.7 Å². The maximum Gasteiger partial charge on any atom is 0.154 e. The van der Waals surface area contributed by atoms with Crippen molar-refractivity contribution in [1.82, 2.24) is 9.78 Å². The topological polar surface area (TPSA) is 57.0 Å². The molecule has 0 aliphatic carbocycles. The fourth-order valence-corrected chi connectivity index (χ4v) is 1.97. The number of hydrogen-bond donors (Lipinski definition) is 1. The molecular weight excluding hydrogens is 250 g/mol. The molecule has 90 valence electrons. The minimum absolute atomic E-state index is 0.509. The lowest BCUT2D eigenvalue weighted by Crippen LogP contribution is -2.02. The summed E-state index contributed by atoms with van der Waals surface area (Å²) in [6.07, 6.45) is 1.60. The minimum Gasteiger partial charge on any atom is -0.463 e. The van der Waals surface area contributed by atoms with Crippen molar-refractivity contribution in [3.63, 3.8) is 0 Å². The van der Waals surface area contributed by atoms with Gasteiger partial charge in [-0.2, -0.15) is 5.10 Å². The Morgan fingerprint density at radius 1 is 1.17 bits per heavy atom. The summed E-state index contributed by atoms with van der Waals surface area (Å²) in [5.41, 5.74) is 7.37. The van der Waals surface area contributed by atoms with Crippen LogP contribution in [0.5, 0.6) is 0 Å². The fourth-order valence-electron chi connectivity index (χ4n) is 1.76. The van der Waals surface area contributed by atoms with Gasteiger partial charge in [-0.25, -0.2) is 4.68 Å². The molecule has 0 radical (unpaired) electrons. The highest BCUT2D eigenvalue weighted by Gasteiger charge is 2.12. The molecule has 18 heavy (non-hydrogen) atoms. The highest BCUT2D eigenvalue weighted by Crippen LogP contribution is 2.26. The number of aromatic nitrogens is 2. The number of nitrogens with zero attached hydrogens (tertiary/aromatic N) is 2. The number of anilines is 1. The fraction of sp³-hybridized carbons (Fsp3) is 0. The monoisotopic (exact) mass is 259 g/mol. The van der Waals surface area contributed by atoms with Crippen LogP contribution >= 0.6 is 11.6 Å². The van der Waals surface area contributed by atoms with E-state index in [1.807, 2.05) is 24.3 Å². The summed E-state index contributed by atoms with van der Waals surface area (Å²) < 4.78 is 6.89. The summed E-state index contributed by atoms with van der Waals surface area (Å²) in [6.45, 7) is 0. The Kier molecular flexibility index (Phi) is 2.57. The molecule has 1 aromatic carbocycles. The Labute approximate surface area is 109 Å². The normalized spacial score (nSPS) is 10.7. The van der Waals surface area contributed by atoms with Gasteiger partial charge in [0.25, 0.3) is 0 Å². The van der Waals surface area contributed by atoms with Crippen LogP contribution in [-0.2, 0) is 0 Å². The van der Waals surface area contributed by atoms with E-state index < -0.39 is 0 Å². The van der Waals surface area contributed by atoms with Crippen molar-refractivity contribution in [2.75, 3.05) is 5.73 Å². The summed E-state index contributed by atoms with van der Waals surface area (Å²) in [4.78, 5) is 0. The Morgan fingerprint density at radius 3 is 2.72 bits per heavy atom. The maximum atomic E-state index is 6.13. The van der Waals surface area contributed by atoms with Gasteiger partial charge in [0.2, 0.25) is 0 Å². The van der Waals surface area contributed by atoms with Crippen LogP contribution in [0.4, 0.5) is 5.82 Å². The first kappa shape index (κ1) is 10.9. The highest BCUT2D eigenvalue weighted by atomic mass is 35.5. The number of hydrogen-bond acceptors (Lipinski definition) is 3. The molecule has 0 bridgehead atoms. The Balaban J connectivity index is 2.12. The molecule has 0 atom stereocenters. The molecule has 2 N–H and O–H groups in total. The minimum atomic E-state index is 0.509. The molecule has 3 aromatic rings. The van der Waals surface area contributed by atoms with Crippen LogP contribution in [0.25, 0.3) is 17.1 Å². The van der Waals surface area contributed by atoms with Crippen molar-refractivity contribution in [3.05, 3.63) is 53.8 Å². The van der Waals surface area contributed by atoms with Gasteiger partial charge in [-0.15, -0.1) is 0 Å². The van der Waals surface area contributed by atoms with Crippen molar-refractivity contribution in [2.24, 2.45) is 0 Å². The van der Waals surface area contributed by atoms with E-state index in [1.54, 1.807) is 29.1 Å². The Morgan fingerprint density at radius 2 is 2.00 bits per heavy atom. The largest absolute Gasteiger partial charge is 0.463 e. The number of nitrogens with two attached hydrogens (primary N) is 1. The van der Waals surface area contributed by atoms with Gasteiger partial charge in [0.15, 0.2) is 5.76 Å². The highest BCUT2D eigenvalue weighted by molar-refractivity contribution is 6.32. The number of halogens is 1. The van der Waals surface area contributed by atoms with Crippen molar-refractivity contribution in [3.8, 4) is 17.1 Å². The zero-order chi connectivity index (χ0) is 12.5. The van der Waals surface area contributed by atoms with Crippen LogP contribution in [0.3, 0.4) is 0 Å². The molecule has 2 heterocycles.